The Morgan fingerprint density at radius 3 is 2.88 bits per heavy atom. The molecule has 0 unspecified atom stereocenters. The van der Waals surface area contributed by atoms with Gasteiger partial charge in [0.1, 0.15) is 11.3 Å². The van der Waals surface area contributed by atoms with Gasteiger partial charge < -0.3 is 14.5 Å². The van der Waals surface area contributed by atoms with E-state index in [-0.39, 0.29) is 5.91 Å². The number of carbonyl (C=O) groups excluding carboxylic acids is 1. The number of fused-ring (bicyclic) bond motifs is 2. The van der Waals surface area contributed by atoms with Crippen molar-refractivity contribution in [3.8, 4) is 5.75 Å². The number of anilines is 1. The first-order chi connectivity index (χ1) is 11.7. The summed E-state index contributed by atoms with van der Waals surface area (Å²) in [5.74, 6) is 0.656. The number of hydrogen-bond donors (Lipinski definition) is 1. The van der Waals surface area contributed by atoms with Crippen LogP contribution in [0.15, 0.2) is 47.1 Å². The van der Waals surface area contributed by atoms with E-state index in [9.17, 15) is 4.79 Å². The van der Waals surface area contributed by atoms with Crippen LogP contribution in [0, 0.1) is 0 Å². The molecule has 1 aromatic heterocycles. The molecule has 1 amide bonds. The van der Waals surface area contributed by atoms with Gasteiger partial charge in [0, 0.05) is 22.7 Å². The molecule has 0 bridgehead atoms. The molecular formula is C20H19NO3. The largest absolute Gasteiger partial charge is 0.497 e. The van der Waals surface area contributed by atoms with E-state index in [1.54, 1.807) is 19.4 Å². The lowest BCUT2D eigenvalue weighted by atomic mass is 10.0. The highest BCUT2D eigenvalue weighted by Crippen LogP contribution is 2.30. The van der Waals surface area contributed by atoms with E-state index in [1.807, 2.05) is 18.2 Å². The molecule has 4 nitrogen and oxygen atoms in total. The van der Waals surface area contributed by atoms with Crippen molar-refractivity contribution in [3.63, 3.8) is 0 Å². The van der Waals surface area contributed by atoms with Gasteiger partial charge in [-0.2, -0.15) is 0 Å². The summed E-state index contributed by atoms with van der Waals surface area (Å²) in [6.07, 6.45) is 5.44. The number of rotatable bonds is 4. The minimum absolute atomic E-state index is 0.0635. The van der Waals surface area contributed by atoms with Gasteiger partial charge in [-0.1, -0.05) is 6.07 Å². The van der Waals surface area contributed by atoms with Gasteiger partial charge in [0.25, 0.3) is 0 Å². The topological polar surface area (TPSA) is 51.5 Å². The van der Waals surface area contributed by atoms with Crippen molar-refractivity contribution in [2.24, 2.45) is 0 Å². The van der Waals surface area contributed by atoms with Gasteiger partial charge in [0.05, 0.1) is 19.8 Å². The zero-order valence-corrected chi connectivity index (χ0v) is 13.6. The third-order valence-electron chi connectivity index (χ3n) is 4.57. The Bertz CT molecular complexity index is 910. The summed E-state index contributed by atoms with van der Waals surface area (Å²) in [5, 5.41) is 3.96. The van der Waals surface area contributed by atoms with Crippen molar-refractivity contribution < 1.29 is 13.9 Å². The fraction of sp³-hybridized carbons (Fsp3) is 0.250. The monoisotopic (exact) mass is 321 g/mol. The number of amides is 1. The van der Waals surface area contributed by atoms with Crippen LogP contribution in [0.25, 0.3) is 11.0 Å². The van der Waals surface area contributed by atoms with Gasteiger partial charge in [-0.3, -0.25) is 4.79 Å². The molecule has 4 rings (SSSR count). The predicted molar refractivity (Wildman–Crippen MR) is 93.6 cm³/mol. The molecule has 4 heteroatoms. The maximum Gasteiger partial charge on any atom is 0.228 e. The Kier molecular flexibility index (Phi) is 3.73. The van der Waals surface area contributed by atoms with Crippen LogP contribution in [0.5, 0.6) is 5.75 Å². The van der Waals surface area contributed by atoms with E-state index < -0.39 is 0 Å². The Balaban J connectivity index is 1.54. The fourth-order valence-electron chi connectivity index (χ4n) is 3.36. The predicted octanol–water partition coefficient (Wildman–Crippen LogP) is 4.11. The smallest absolute Gasteiger partial charge is 0.228 e. The lowest BCUT2D eigenvalue weighted by Gasteiger charge is -2.06. The summed E-state index contributed by atoms with van der Waals surface area (Å²) >= 11 is 0. The van der Waals surface area contributed by atoms with Crippen LogP contribution >= 0.6 is 0 Å². The average molecular weight is 321 g/mol. The van der Waals surface area contributed by atoms with Crippen LogP contribution in [-0.2, 0) is 24.1 Å². The summed E-state index contributed by atoms with van der Waals surface area (Å²) in [6, 6.07) is 11.7. The molecule has 3 aromatic rings. The standard InChI is InChI=1S/C20H19NO3/c1-23-17-7-3-6-16(11-17)21-20(22)10-15-12-24-19-9-14-5-2-4-13(14)8-18(15)19/h3,6-9,11-12H,2,4-5,10H2,1H3,(H,21,22). The Labute approximate surface area is 140 Å². The van der Waals surface area contributed by atoms with Crippen molar-refractivity contribution >= 4 is 22.6 Å². The Morgan fingerprint density at radius 2 is 2.04 bits per heavy atom. The molecule has 0 saturated heterocycles. The number of furan rings is 1. The zero-order valence-electron chi connectivity index (χ0n) is 13.6. The van der Waals surface area contributed by atoms with Crippen molar-refractivity contribution in [1.82, 2.24) is 0 Å². The average Bonchev–Trinajstić information content (AvgIpc) is 3.19. The van der Waals surface area contributed by atoms with Crippen molar-refractivity contribution in [2.75, 3.05) is 12.4 Å². The second-order valence-electron chi connectivity index (χ2n) is 6.19. The number of benzene rings is 2. The second kappa shape index (κ2) is 6.04. The molecule has 1 N–H and O–H groups in total. The number of ether oxygens (including phenoxy) is 1. The third kappa shape index (κ3) is 2.75. The van der Waals surface area contributed by atoms with E-state index in [0.717, 1.165) is 40.8 Å². The van der Waals surface area contributed by atoms with E-state index in [4.69, 9.17) is 9.15 Å². The summed E-state index contributed by atoms with van der Waals surface area (Å²) in [7, 11) is 1.61. The normalized spacial score (nSPS) is 13.0. The summed E-state index contributed by atoms with van der Waals surface area (Å²) < 4.78 is 10.8. The molecule has 1 heterocycles. The van der Waals surface area contributed by atoms with Gasteiger partial charge in [-0.15, -0.1) is 0 Å². The number of carbonyl (C=O) groups is 1. The molecular weight excluding hydrogens is 302 g/mol. The molecule has 2 aromatic carbocycles. The molecule has 0 fully saturated rings. The number of methoxy groups -OCH3 is 1. The van der Waals surface area contributed by atoms with Gasteiger partial charge in [-0.25, -0.2) is 0 Å². The fourth-order valence-corrected chi connectivity index (χ4v) is 3.36. The third-order valence-corrected chi connectivity index (χ3v) is 4.57. The van der Waals surface area contributed by atoms with Crippen LogP contribution in [0.2, 0.25) is 0 Å². The minimum atomic E-state index is -0.0635. The summed E-state index contributed by atoms with van der Waals surface area (Å²) in [4.78, 5) is 12.4. The lowest BCUT2D eigenvalue weighted by Crippen LogP contribution is -2.14. The molecule has 0 spiro atoms. The summed E-state index contributed by atoms with van der Waals surface area (Å²) in [6.45, 7) is 0. The van der Waals surface area contributed by atoms with E-state index in [2.05, 4.69) is 17.4 Å². The molecule has 0 aliphatic heterocycles. The van der Waals surface area contributed by atoms with Crippen LogP contribution in [-0.4, -0.2) is 13.0 Å². The highest BCUT2D eigenvalue weighted by molar-refractivity contribution is 5.95. The molecule has 0 radical (unpaired) electrons. The quantitative estimate of drug-likeness (QED) is 0.786. The first kappa shape index (κ1) is 14.8. The van der Waals surface area contributed by atoms with E-state index >= 15 is 0 Å². The molecule has 24 heavy (non-hydrogen) atoms. The van der Waals surface area contributed by atoms with Crippen LogP contribution < -0.4 is 10.1 Å². The highest BCUT2D eigenvalue weighted by Gasteiger charge is 2.16. The van der Waals surface area contributed by atoms with E-state index in [1.165, 1.54) is 17.5 Å². The SMILES string of the molecule is COc1cccc(NC(=O)Cc2coc3cc4c(cc23)CCC4)c1. The van der Waals surface area contributed by atoms with Gasteiger partial charge in [0.2, 0.25) is 5.91 Å². The Morgan fingerprint density at radius 1 is 1.21 bits per heavy atom. The van der Waals surface area contributed by atoms with Gasteiger partial charge in [-0.05, 0) is 54.7 Å². The van der Waals surface area contributed by atoms with Gasteiger partial charge in [0.15, 0.2) is 0 Å². The van der Waals surface area contributed by atoms with Crippen LogP contribution in [0.4, 0.5) is 5.69 Å². The molecule has 1 aliphatic carbocycles. The van der Waals surface area contributed by atoms with Crippen molar-refractivity contribution in [3.05, 3.63) is 59.4 Å². The number of aryl methyl sites for hydroxylation is 2. The second-order valence-corrected chi connectivity index (χ2v) is 6.19. The van der Waals surface area contributed by atoms with Crippen LogP contribution in [0.1, 0.15) is 23.1 Å². The first-order valence-electron chi connectivity index (χ1n) is 8.19. The lowest BCUT2D eigenvalue weighted by molar-refractivity contribution is -0.115. The van der Waals surface area contributed by atoms with Crippen molar-refractivity contribution in [2.45, 2.75) is 25.7 Å². The van der Waals surface area contributed by atoms with Crippen molar-refractivity contribution in [1.29, 1.82) is 0 Å². The zero-order chi connectivity index (χ0) is 16.5. The minimum Gasteiger partial charge on any atom is -0.497 e. The molecule has 0 atom stereocenters. The first-order valence-corrected chi connectivity index (χ1v) is 8.19. The highest BCUT2D eigenvalue weighted by atomic mass is 16.5. The maximum atomic E-state index is 12.4. The molecule has 122 valence electrons. The van der Waals surface area contributed by atoms with Gasteiger partial charge >= 0.3 is 0 Å². The van der Waals surface area contributed by atoms with Crippen LogP contribution in [0.3, 0.4) is 0 Å². The van der Waals surface area contributed by atoms with E-state index in [0.29, 0.717) is 6.42 Å². The Hall–Kier alpha value is -2.75. The maximum absolute atomic E-state index is 12.4. The molecule has 1 aliphatic rings. The number of nitrogens with one attached hydrogen (secondary N) is 1. The molecule has 0 saturated carbocycles. The number of hydrogen-bond acceptors (Lipinski definition) is 3. The summed E-state index contributed by atoms with van der Waals surface area (Å²) in [5.41, 5.74) is 5.30.